The molecule has 0 atom stereocenters. The molecule has 1 radical (unpaired) electrons. The number of aromatic nitrogens is 2. The smallest absolute Gasteiger partial charge is 0.349 e. The molecule has 0 aliphatic heterocycles. The van der Waals surface area contributed by atoms with Gasteiger partial charge in [0.1, 0.15) is 11.8 Å². The van der Waals surface area contributed by atoms with Crippen LogP contribution in [0.25, 0.3) is 22.2 Å². The molecule has 0 saturated carbocycles. The van der Waals surface area contributed by atoms with Crippen molar-refractivity contribution >= 4 is 10.8 Å². The van der Waals surface area contributed by atoms with Gasteiger partial charge < -0.3 is 8.94 Å². The maximum Gasteiger partial charge on any atom is 0.349 e. The number of hydrogen-bond donors (Lipinski definition) is 0. The van der Waals surface area contributed by atoms with Crippen molar-refractivity contribution in [2.24, 2.45) is 0 Å². The van der Waals surface area contributed by atoms with Gasteiger partial charge in [0, 0.05) is 10.8 Å². The minimum atomic E-state index is -0.503. The van der Waals surface area contributed by atoms with Crippen molar-refractivity contribution in [1.82, 2.24) is 10.1 Å². The third-order valence-corrected chi connectivity index (χ3v) is 2.27. The number of hydrogen-bond acceptors (Lipinski definition) is 5. The summed E-state index contributed by atoms with van der Waals surface area (Å²) < 4.78 is 9.73. The van der Waals surface area contributed by atoms with Crippen LogP contribution in [0.4, 0.5) is 0 Å². The lowest BCUT2D eigenvalue weighted by Gasteiger charge is -1.99. The zero-order valence-electron chi connectivity index (χ0n) is 8.01. The quantitative estimate of drug-likeness (QED) is 0.614. The SMILES string of the molecule is O=c1occ2ccccc2c1-c1n[c]no1. The van der Waals surface area contributed by atoms with E-state index in [1.165, 1.54) is 6.26 Å². The Balaban J connectivity index is 2.47. The summed E-state index contributed by atoms with van der Waals surface area (Å²) in [5.74, 6) is 0.116. The van der Waals surface area contributed by atoms with Gasteiger partial charge in [-0.15, -0.1) is 0 Å². The van der Waals surface area contributed by atoms with Crippen LogP contribution in [0.2, 0.25) is 0 Å². The van der Waals surface area contributed by atoms with Gasteiger partial charge in [-0.1, -0.05) is 29.4 Å². The molecule has 0 fully saturated rings. The molecule has 0 aliphatic rings. The van der Waals surface area contributed by atoms with Crippen LogP contribution in [0.5, 0.6) is 0 Å². The maximum absolute atomic E-state index is 11.6. The topological polar surface area (TPSA) is 69.1 Å². The highest BCUT2D eigenvalue weighted by molar-refractivity contribution is 5.93. The first-order valence-corrected chi connectivity index (χ1v) is 4.57. The van der Waals surface area contributed by atoms with Crippen molar-refractivity contribution in [2.75, 3.05) is 0 Å². The molecule has 5 heteroatoms. The van der Waals surface area contributed by atoms with Crippen LogP contribution in [-0.4, -0.2) is 10.1 Å². The first-order chi connectivity index (χ1) is 7.86. The fraction of sp³-hybridized carbons (Fsp3) is 0. The van der Waals surface area contributed by atoms with Gasteiger partial charge in [0.15, 0.2) is 0 Å². The van der Waals surface area contributed by atoms with Crippen LogP contribution < -0.4 is 5.63 Å². The molecule has 0 amide bonds. The molecule has 3 aromatic rings. The Morgan fingerprint density at radius 1 is 1.25 bits per heavy atom. The van der Waals surface area contributed by atoms with Crippen LogP contribution in [0.15, 0.2) is 44.3 Å². The maximum atomic E-state index is 11.6. The summed E-state index contributed by atoms with van der Waals surface area (Å²) >= 11 is 0. The fourth-order valence-electron chi connectivity index (χ4n) is 1.57. The van der Waals surface area contributed by atoms with Gasteiger partial charge in [-0.25, -0.2) is 4.79 Å². The Morgan fingerprint density at radius 3 is 2.94 bits per heavy atom. The first-order valence-electron chi connectivity index (χ1n) is 4.57. The number of benzene rings is 1. The van der Waals surface area contributed by atoms with E-state index in [2.05, 4.69) is 16.5 Å². The summed E-state index contributed by atoms with van der Waals surface area (Å²) in [6.07, 6.45) is 3.68. The lowest BCUT2D eigenvalue weighted by molar-refractivity contribution is 0.425. The molecule has 2 aromatic heterocycles. The van der Waals surface area contributed by atoms with Gasteiger partial charge in [-0.05, 0) is 0 Å². The number of fused-ring (bicyclic) bond motifs is 1. The summed E-state index contributed by atoms with van der Waals surface area (Å²) in [7, 11) is 0. The van der Waals surface area contributed by atoms with Crippen molar-refractivity contribution in [3.8, 4) is 11.5 Å². The van der Waals surface area contributed by atoms with E-state index in [0.717, 1.165) is 10.8 Å². The van der Waals surface area contributed by atoms with E-state index in [0.29, 0.717) is 0 Å². The minimum absolute atomic E-state index is 0.116. The van der Waals surface area contributed by atoms with E-state index in [1.54, 1.807) is 6.07 Å². The fourth-order valence-corrected chi connectivity index (χ4v) is 1.57. The van der Waals surface area contributed by atoms with E-state index in [1.807, 2.05) is 18.2 Å². The van der Waals surface area contributed by atoms with Gasteiger partial charge in [0.25, 0.3) is 5.89 Å². The first kappa shape index (κ1) is 8.84. The van der Waals surface area contributed by atoms with E-state index in [-0.39, 0.29) is 11.5 Å². The summed E-state index contributed by atoms with van der Waals surface area (Å²) in [5, 5.41) is 4.87. The summed E-state index contributed by atoms with van der Waals surface area (Å²) in [5.41, 5.74) is -0.233. The van der Waals surface area contributed by atoms with Gasteiger partial charge >= 0.3 is 5.63 Å². The highest BCUT2D eigenvalue weighted by Gasteiger charge is 2.14. The van der Waals surface area contributed by atoms with E-state index >= 15 is 0 Å². The highest BCUT2D eigenvalue weighted by Crippen LogP contribution is 2.22. The van der Waals surface area contributed by atoms with E-state index in [4.69, 9.17) is 8.94 Å². The van der Waals surface area contributed by atoms with Gasteiger partial charge in [-0.3, -0.25) is 0 Å². The average molecular weight is 213 g/mol. The van der Waals surface area contributed by atoms with Crippen molar-refractivity contribution in [3.63, 3.8) is 0 Å². The lowest BCUT2D eigenvalue weighted by atomic mass is 10.1. The third kappa shape index (κ3) is 1.22. The van der Waals surface area contributed by atoms with E-state index < -0.39 is 5.63 Å². The molecule has 3 rings (SSSR count). The number of nitrogens with zero attached hydrogens (tertiary/aromatic N) is 2. The summed E-state index contributed by atoms with van der Waals surface area (Å²) in [6, 6.07) is 7.31. The normalized spacial score (nSPS) is 10.8. The molecular formula is C11H5N2O3. The molecule has 0 unspecified atom stereocenters. The standard InChI is InChI=1S/C11H5N2O3/c14-11-9(10-12-6-13-16-10)8-4-2-1-3-7(8)5-15-11/h1-5H. The van der Waals surface area contributed by atoms with Crippen molar-refractivity contribution in [1.29, 1.82) is 0 Å². The molecule has 5 nitrogen and oxygen atoms in total. The molecule has 16 heavy (non-hydrogen) atoms. The van der Waals surface area contributed by atoms with Crippen LogP contribution >= 0.6 is 0 Å². The Kier molecular flexibility index (Phi) is 1.83. The summed E-state index contributed by atoms with van der Waals surface area (Å²) in [4.78, 5) is 15.4. The zero-order valence-corrected chi connectivity index (χ0v) is 8.01. The second kappa shape index (κ2) is 3.30. The van der Waals surface area contributed by atoms with Crippen molar-refractivity contribution in [3.05, 3.63) is 47.3 Å². The van der Waals surface area contributed by atoms with Crippen molar-refractivity contribution < 1.29 is 8.94 Å². The zero-order chi connectivity index (χ0) is 11.0. The van der Waals surface area contributed by atoms with Crippen LogP contribution in [0, 0.1) is 6.33 Å². The Morgan fingerprint density at radius 2 is 2.12 bits per heavy atom. The van der Waals surface area contributed by atoms with Crippen LogP contribution in [0.3, 0.4) is 0 Å². The average Bonchev–Trinajstić information content (AvgIpc) is 2.82. The van der Waals surface area contributed by atoms with Gasteiger partial charge in [-0.2, -0.15) is 4.98 Å². The Labute approximate surface area is 89.3 Å². The number of rotatable bonds is 1. The lowest BCUT2D eigenvalue weighted by Crippen LogP contribution is -2.03. The van der Waals surface area contributed by atoms with E-state index in [9.17, 15) is 4.79 Å². The second-order valence-corrected chi connectivity index (χ2v) is 3.18. The van der Waals surface area contributed by atoms with Gasteiger partial charge in [0.2, 0.25) is 6.33 Å². The summed E-state index contributed by atoms with van der Waals surface area (Å²) in [6.45, 7) is 0. The molecule has 0 spiro atoms. The third-order valence-electron chi connectivity index (χ3n) is 2.27. The Hall–Kier alpha value is -2.43. The molecule has 2 heterocycles. The molecular weight excluding hydrogens is 208 g/mol. The molecule has 77 valence electrons. The predicted octanol–water partition coefficient (Wildman–Crippen LogP) is 1.64. The molecule has 1 aromatic carbocycles. The predicted molar refractivity (Wildman–Crippen MR) is 54.6 cm³/mol. The molecule has 0 aliphatic carbocycles. The molecule has 0 N–H and O–H groups in total. The van der Waals surface area contributed by atoms with Crippen LogP contribution in [-0.2, 0) is 0 Å². The van der Waals surface area contributed by atoms with Crippen molar-refractivity contribution in [2.45, 2.75) is 0 Å². The van der Waals surface area contributed by atoms with Gasteiger partial charge in [0.05, 0.1) is 0 Å². The minimum Gasteiger partial charge on any atom is -0.430 e. The Bertz CT molecular complexity index is 686. The molecule has 0 bridgehead atoms. The van der Waals surface area contributed by atoms with Crippen LogP contribution in [0.1, 0.15) is 0 Å². The monoisotopic (exact) mass is 213 g/mol. The highest BCUT2D eigenvalue weighted by atomic mass is 16.5. The molecule has 0 saturated heterocycles. The largest absolute Gasteiger partial charge is 0.430 e. The second-order valence-electron chi connectivity index (χ2n) is 3.18.